The van der Waals surface area contributed by atoms with E-state index in [9.17, 15) is 9.59 Å². The van der Waals surface area contributed by atoms with E-state index in [1.54, 1.807) is 48.5 Å². The Morgan fingerprint density at radius 3 is 2.59 bits per heavy atom. The molecule has 0 saturated carbocycles. The molecule has 0 aliphatic carbocycles. The van der Waals surface area contributed by atoms with Crippen LogP contribution in [0.1, 0.15) is 23.7 Å². The summed E-state index contributed by atoms with van der Waals surface area (Å²) in [5, 5.41) is 3.71. The Bertz CT molecular complexity index is 1320. The molecule has 1 aromatic heterocycles. The molecule has 1 amide bonds. The maximum atomic E-state index is 12.9. The highest BCUT2D eigenvalue weighted by atomic mass is 35.5. The van der Waals surface area contributed by atoms with Crippen molar-refractivity contribution in [2.75, 3.05) is 11.9 Å². The summed E-state index contributed by atoms with van der Waals surface area (Å²) in [6, 6.07) is 20.6. The van der Waals surface area contributed by atoms with Gasteiger partial charge in [-0.3, -0.25) is 4.79 Å². The smallest absolute Gasteiger partial charge is 0.349 e. The van der Waals surface area contributed by atoms with E-state index in [4.69, 9.17) is 25.5 Å². The van der Waals surface area contributed by atoms with Gasteiger partial charge >= 0.3 is 5.63 Å². The average molecular weight is 450 g/mol. The van der Waals surface area contributed by atoms with E-state index in [0.29, 0.717) is 45.5 Å². The molecule has 32 heavy (non-hydrogen) atoms. The predicted octanol–water partition coefficient (Wildman–Crippen LogP) is 6.28. The highest BCUT2D eigenvalue weighted by Gasteiger charge is 2.17. The van der Waals surface area contributed by atoms with Crippen LogP contribution < -0.4 is 20.4 Å². The van der Waals surface area contributed by atoms with Gasteiger partial charge in [0.25, 0.3) is 5.91 Å². The molecule has 7 heteroatoms. The monoisotopic (exact) mass is 449 g/mol. The maximum absolute atomic E-state index is 12.9. The van der Waals surface area contributed by atoms with Gasteiger partial charge in [-0.05, 0) is 55.0 Å². The molecule has 6 nitrogen and oxygen atoms in total. The number of rotatable bonds is 7. The molecule has 0 radical (unpaired) electrons. The van der Waals surface area contributed by atoms with Crippen molar-refractivity contribution in [2.24, 2.45) is 0 Å². The third kappa shape index (κ3) is 4.92. The summed E-state index contributed by atoms with van der Waals surface area (Å²) in [6.07, 6.45) is 0.862. The SMILES string of the molecule is CCCOc1ccc2cc(C(=O)Nc3cc(Cl)ccc3Oc3ccccc3)c(=O)oc2c1. The number of para-hydroxylation sites is 1. The Balaban J connectivity index is 1.62. The van der Waals surface area contributed by atoms with Crippen LogP contribution in [-0.2, 0) is 0 Å². The van der Waals surface area contributed by atoms with Crippen molar-refractivity contribution in [1.29, 1.82) is 0 Å². The fourth-order valence-electron chi connectivity index (χ4n) is 3.05. The molecule has 0 unspecified atom stereocenters. The Hall–Kier alpha value is -3.77. The van der Waals surface area contributed by atoms with Crippen molar-refractivity contribution >= 4 is 34.2 Å². The minimum absolute atomic E-state index is 0.134. The topological polar surface area (TPSA) is 77.8 Å². The van der Waals surface area contributed by atoms with E-state index in [0.717, 1.165) is 6.42 Å². The number of carbonyl (C=O) groups is 1. The van der Waals surface area contributed by atoms with Crippen LogP contribution in [0.15, 0.2) is 82.0 Å². The van der Waals surface area contributed by atoms with E-state index in [1.807, 2.05) is 25.1 Å². The second-order valence-electron chi connectivity index (χ2n) is 7.01. The summed E-state index contributed by atoms with van der Waals surface area (Å²) >= 11 is 6.11. The first kappa shape index (κ1) is 21.5. The van der Waals surface area contributed by atoms with Crippen LogP contribution in [0.4, 0.5) is 5.69 Å². The largest absolute Gasteiger partial charge is 0.493 e. The molecule has 1 N–H and O–H groups in total. The number of ether oxygens (including phenoxy) is 2. The first-order valence-electron chi connectivity index (χ1n) is 10.1. The lowest BCUT2D eigenvalue weighted by Gasteiger charge is -2.13. The Morgan fingerprint density at radius 2 is 1.81 bits per heavy atom. The highest BCUT2D eigenvalue weighted by Crippen LogP contribution is 2.32. The van der Waals surface area contributed by atoms with Crippen molar-refractivity contribution in [2.45, 2.75) is 13.3 Å². The van der Waals surface area contributed by atoms with Crippen molar-refractivity contribution in [3.05, 3.63) is 93.8 Å². The summed E-state index contributed by atoms with van der Waals surface area (Å²) < 4.78 is 16.8. The van der Waals surface area contributed by atoms with Gasteiger partial charge in [0, 0.05) is 16.5 Å². The minimum atomic E-state index is -0.754. The van der Waals surface area contributed by atoms with Crippen LogP contribution in [-0.4, -0.2) is 12.5 Å². The second-order valence-corrected chi connectivity index (χ2v) is 7.44. The van der Waals surface area contributed by atoms with Crippen molar-refractivity contribution in [1.82, 2.24) is 0 Å². The zero-order valence-electron chi connectivity index (χ0n) is 17.3. The normalized spacial score (nSPS) is 10.7. The third-order valence-electron chi connectivity index (χ3n) is 4.59. The van der Waals surface area contributed by atoms with Gasteiger partial charge in [-0.1, -0.05) is 36.7 Å². The van der Waals surface area contributed by atoms with Gasteiger partial charge in [0.1, 0.15) is 22.6 Å². The minimum Gasteiger partial charge on any atom is -0.493 e. The Labute approximate surface area is 189 Å². The number of carbonyl (C=O) groups excluding carboxylic acids is 1. The molecule has 0 bridgehead atoms. The second kappa shape index (κ2) is 9.58. The fourth-order valence-corrected chi connectivity index (χ4v) is 3.23. The van der Waals surface area contributed by atoms with Gasteiger partial charge in [0.2, 0.25) is 0 Å². The van der Waals surface area contributed by atoms with Crippen LogP contribution in [0.2, 0.25) is 5.02 Å². The lowest BCUT2D eigenvalue weighted by molar-refractivity contribution is 0.102. The van der Waals surface area contributed by atoms with Crippen molar-refractivity contribution < 1.29 is 18.7 Å². The molecule has 162 valence electrons. The average Bonchev–Trinajstić information content (AvgIpc) is 2.79. The molecule has 0 fully saturated rings. The van der Waals surface area contributed by atoms with Gasteiger partial charge in [-0.2, -0.15) is 0 Å². The number of hydrogen-bond acceptors (Lipinski definition) is 5. The van der Waals surface area contributed by atoms with E-state index < -0.39 is 11.5 Å². The first-order chi connectivity index (χ1) is 15.5. The third-order valence-corrected chi connectivity index (χ3v) is 4.82. The van der Waals surface area contributed by atoms with E-state index in [1.165, 1.54) is 6.07 Å². The lowest BCUT2D eigenvalue weighted by Crippen LogP contribution is -2.21. The molecule has 0 atom stereocenters. The summed E-state index contributed by atoms with van der Waals surface area (Å²) in [5.41, 5.74) is -0.217. The van der Waals surface area contributed by atoms with Gasteiger partial charge in [-0.25, -0.2) is 4.79 Å². The molecule has 0 spiro atoms. The van der Waals surface area contributed by atoms with Gasteiger partial charge in [0.15, 0.2) is 5.75 Å². The van der Waals surface area contributed by atoms with Crippen LogP contribution >= 0.6 is 11.6 Å². The molecule has 0 saturated heterocycles. The zero-order valence-corrected chi connectivity index (χ0v) is 18.0. The van der Waals surface area contributed by atoms with Gasteiger partial charge in [-0.15, -0.1) is 0 Å². The van der Waals surface area contributed by atoms with Crippen molar-refractivity contribution in [3.8, 4) is 17.2 Å². The van der Waals surface area contributed by atoms with Crippen LogP contribution in [0.25, 0.3) is 11.0 Å². The summed E-state index contributed by atoms with van der Waals surface area (Å²) in [6.45, 7) is 2.56. The molecule has 4 rings (SSSR count). The fraction of sp³-hybridized carbons (Fsp3) is 0.120. The number of fused-ring (bicyclic) bond motifs is 1. The van der Waals surface area contributed by atoms with E-state index in [-0.39, 0.29) is 5.56 Å². The summed E-state index contributed by atoms with van der Waals surface area (Å²) in [4.78, 5) is 25.4. The molecule has 4 aromatic rings. The lowest BCUT2D eigenvalue weighted by atomic mass is 10.1. The Kier molecular flexibility index (Phi) is 6.42. The van der Waals surface area contributed by atoms with Gasteiger partial charge < -0.3 is 19.2 Å². The standard InChI is InChI=1S/C25H20ClNO5/c1-2-12-30-19-10-8-16-13-20(25(29)32-23(16)15-19)24(28)27-21-14-17(26)9-11-22(21)31-18-6-4-3-5-7-18/h3-11,13-15H,2,12H2,1H3,(H,27,28). The number of benzene rings is 3. The van der Waals surface area contributed by atoms with Crippen LogP contribution in [0.5, 0.6) is 17.2 Å². The van der Waals surface area contributed by atoms with Gasteiger partial charge in [0.05, 0.1) is 12.3 Å². The van der Waals surface area contributed by atoms with Crippen molar-refractivity contribution in [3.63, 3.8) is 0 Å². The van der Waals surface area contributed by atoms with E-state index >= 15 is 0 Å². The number of halogens is 1. The zero-order chi connectivity index (χ0) is 22.5. The van der Waals surface area contributed by atoms with Crippen LogP contribution in [0, 0.1) is 0 Å². The number of amides is 1. The molecule has 0 aliphatic heterocycles. The Morgan fingerprint density at radius 1 is 1.00 bits per heavy atom. The maximum Gasteiger partial charge on any atom is 0.349 e. The van der Waals surface area contributed by atoms with E-state index in [2.05, 4.69) is 5.32 Å². The predicted molar refractivity (Wildman–Crippen MR) is 124 cm³/mol. The number of hydrogen-bond donors (Lipinski definition) is 1. The molecular weight excluding hydrogens is 430 g/mol. The quantitative estimate of drug-likeness (QED) is 0.336. The van der Waals surface area contributed by atoms with Crippen LogP contribution in [0.3, 0.4) is 0 Å². The molecular formula is C25H20ClNO5. The number of nitrogens with one attached hydrogen (secondary N) is 1. The molecule has 0 aliphatic rings. The summed E-state index contributed by atoms with van der Waals surface area (Å²) in [5.74, 6) is 0.946. The first-order valence-corrected chi connectivity index (χ1v) is 10.5. The highest BCUT2D eigenvalue weighted by molar-refractivity contribution is 6.31. The molecule has 1 heterocycles. The number of anilines is 1. The molecule has 3 aromatic carbocycles. The summed E-state index contributed by atoms with van der Waals surface area (Å²) in [7, 11) is 0.